The van der Waals surface area contributed by atoms with Gasteiger partial charge in [0.05, 0.1) is 12.6 Å². The predicted molar refractivity (Wildman–Crippen MR) is 70.0 cm³/mol. The zero-order valence-corrected chi connectivity index (χ0v) is 10.4. The predicted octanol–water partition coefficient (Wildman–Crippen LogP) is 1.31. The van der Waals surface area contributed by atoms with Gasteiger partial charge in [0, 0.05) is 18.9 Å². The van der Waals surface area contributed by atoms with E-state index in [4.69, 9.17) is 5.26 Å². The summed E-state index contributed by atoms with van der Waals surface area (Å²) < 4.78 is 1.73. The third-order valence-electron chi connectivity index (χ3n) is 2.72. The van der Waals surface area contributed by atoms with E-state index in [9.17, 15) is 4.79 Å². The van der Waals surface area contributed by atoms with Crippen LogP contribution in [-0.4, -0.2) is 22.2 Å². The van der Waals surface area contributed by atoms with Gasteiger partial charge >= 0.3 is 0 Å². The van der Waals surface area contributed by atoms with Crippen LogP contribution in [-0.2, 0) is 11.3 Å². The fourth-order valence-electron chi connectivity index (χ4n) is 1.76. The molecule has 0 fully saturated rings. The van der Waals surface area contributed by atoms with Crippen LogP contribution in [0.15, 0.2) is 48.8 Å². The van der Waals surface area contributed by atoms with Crippen molar-refractivity contribution < 1.29 is 4.79 Å². The molecule has 1 aromatic carbocycles. The molecular weight excluding hydrogens is 240 g/mol. The lowest BCUT2D eigenvalue weighted by Gasteiger charge is -2.10. The summed E-state index contributed by atoms with van der Waals surface area (Å²) in [6.45, 7) is 1.04. The Hall–Kier alpha value is -2.61. The fraction of sp³-hybridized carbons (Fsp3) is 0.214. The van der Waals surface area contributed by atoms with Gasteiger partial charge in [0.15, 0.2) is 0 Å². The van der Waals surface area contributed by atoms with Gasteiger partial charge in [-0.3, -0.25) is 9.48 Å². The molecule has 0 aliphatic heterocycles. The highest BCUT2D eigenvalue weighted by Gasteiger charge is 2.19. The van der Waals surface area contributed by atoms with E-state index in [1.54, 1.807) is 23.0 Å². The molecule has 1 N–H and O–H groups in total. The fourth-order valence-corrected chi connectivity index (χ4v) is 1.76. The van der Waals surface area contributed by atoms with Gasteiger partial charge < -0.3 is 5.32 Å². The molecule has 1 aromatic heterocycles. The van der Waals surface area contributed by atoms with Crippen molar-refractivity contribution >= 4 is 5.91 Å². The highest BCUT2D eigenvalue weighted by atomic mass is 16.1. The topological polar surface area (TPSA) is 70.7 Å². The van der Waals surface area contributed by atoms with E-state index in [0.29, 0.717) is 18.7 Å². The Morgan fingerprint density at radius 1 is 1.37 bits per heavy atom. The number of carbonyl (C=O) groups is 1. The van der Waals surface area contributed by atoms with Crippen LogP contribution in [0.4, 0.5) is 0 Å². The molecular formula is C14H14N4O. The lowest BCUT2D eigenvalue weighted by molar-refractivity contribution is -0.121. The summed E-state index contributed by atoms with van der Waals surface area (Å²) in [7, 11) is 0. The number of carbonyl (C=O) groups excluding carboxylic acids is 1. The first-order valence-corrected chi connectivity index (χ1v) is 6.01. The van der Waals surface area contributed by atoms with Gasteiger partial charge in [-0.05, 0) is 11.6 Å². The lowest BCUT2D eigenvalue weighted by Crippen LogP contribution is -2.31. The van der Waals surface area contributed by atoms with Crippen LogP contribution in [0.5, 0.6) is 0 Å². The maximum Gasteiger partial charge on any atom is 0.241 e. The number of nitriles is 1. The molecule has 5 heteroatoms. The Bertz CT molecular complexity index is 557. The first kappa shape index (κ1) is 12.8. The van der Waals surface area contributed by atoms with Crippen molar-refractivity contribution in [2.24, 2.45) is 0 Å². The minimum absolute atomic E-state index is 0.277. The van der Waals surface area contributed by atoms with E-state index in [0.717, 1.165) is 0 Å². The number of nitrogens with one attached hydrogen (secondary N) is 1. The molecule has 19 heavy (non-hydrogen) atoms. The third kappa shape index (κ3) is 3.42. The van der Waals surface area contributed by atoms with Crippen LogP contribution in [0.1, 0.15) is 11.5 Å². The maximum atomic E-state index is 11.9. The summed E-state index contributed by atoms with van der Waals surface area (Å²) in [4.78, 5) is 11.9. The van der Waals surface area contributed by atoms with Crippen molar-refractivity contribution in [1.29, 1.82) is 5.26 Å². The highest BCUT2D eigenvalue weighted by Crippen LogP contribution is 2.14. The molecule has 0 aliphatic rings. The minimum Gasteiger partial charge on any atom is -0.353 e. The molecule has 0 saturated carbocycles. The van der Waals surface area contributed by atoms with E-state index >= 15 is 0 Å². The molecule has 0 aliphatic carbocycles. The normalized spacial score (nSPS) is 11.5. The second kappa shape index (κ2) is 6.36. The zero-order chi connectivity index (χ0) is 13.5. The standard InChI is InChI=1S/C14H14N4O/c15-11-13(12-5-2-1-3-6-12)14(19)16-8-10-18-9-4-7-17-18/h1-7,9,13H,8,10H2,(H,16,19). The number of benzene rings is 1. The molecule has 0 saturated heterocycles. The van der Waals surface area contributed by atoms with Crippen molar-refractivity contribution in [3.05, 3.63) is 54.4 Å². The van der Waals surface area contributed by atoms with Crippen LogP contribution in [0.3, 0.4) is 0 Å². The summed E-state index contributed by atoms with van der Waals surface area (Å²) in [5, 5.41) is 15.9. The molecule has 1 unspecified atom stereocenters. The SMILES string of the molecule is N#CC(C(=O)NCCn1cccn1)c1ccccc1. The monoisotopic (exact) mass is 254 g/mol. The van der Waals surface area contributed by atoms with Crippen LogP contribution in [0, 0.1) is 11.3 Å². The third-order valence-corrected chi connectivity index (χ3v) is 2.72. The Morgan fingerprint density at radius 3 is 2.79 bits per heavy atom. The minimum atomic E-state index is -0.765. The average molecular weight is 254 g/mol. The Balaban J connectivity index is 1.89. The molecule has 5 nitrogen and oxygen atoms in total. The van der Waals surface area contributed by atoms with Crippen molar-refractivity contribution in [3.63, 3.8) is 0 Å². The largest absolute Gasteiger partial charge is 0.353 e. The number of amides is 1. The van der Waals surface area contributed by atoms with E-state index in [1.165, 1.54) is 0 Å². The van der Waals surface area contributed by atoms with Crippen molar-refractivity contribution in [2.45, 2.75) is 12.5 Å². The van der Waals surface area contributed by atoms with Crippen molar-refractivity contribution in [2.75, 3.05) is 6.54 Å². The number of hydrogen-bond acceptors (Lipinski definition) is 3. The Labute approximate surface area is 111 Å². The van der Waals surface area contributed by atoms with Crippen LogP contribution >= 0.6 is 0 Å². The van der Waals surface area contributed by atoms with Gasteiger partial charge in [-0.1, -0.05) is 30.3 Å². The summed E-state index contributed by atoms with van der Waals surface area (Å²) in [6.07, 6.45) is 3.51. The Kier molecular flexibility index (Phi) is 4.29. The first-order valence-electron chi connectivity index (χ1n) is 6.01. The number of nitrogens with zero attached hydrogens (tertiary/aromatic N) is 3. The van der Waals surface area contributed by atoms with Gasteiger partial charge in [-0.15, -0.1) is 0 Å². The van der Waals surface area contributed by atoms with E-state index in [1.807, 2.05) is 36.5 Å². The molecule has 96 valence electrons. The van der Waals surface area contributed by atoms with Crippen molar-refractivity contribution in [1.82, 2.24) is 15.1 Å². The summed E-state index contributed by atoms with van der Waals surface area (Å²) >= 11 is 0. The van der Waals surface area contributed by atoms with Crippen molar-refractivity contribution in [3.8, 4) is 6.07 Å². The summed E-state index contributed by atoms with van der Waals surface area (Å²) in [5.74, 6) is -1.04. The molecule has 2 aromatic rings. The van der Waals surface area contributed by atoms with Gasteiger partial charge in [0.1, 0.15) is 5.92 Å². The van der Waals surface area contributed by atoms with Crippen LogP contribution in [0.2, 0.25) is 0 Å². The zero-order valence-electron chi connectivity index (χ0n) is 10.4. The van der Waals surface area contributed by atoms with E-state index in [-0.39, 0.29) is 5.91 Å². The van der Waals surface area contributed by atoms with Gasteiger partial charge in [0.25, 0.3) is 0 Å². The Morgan fingerprint density at radius 2 is 2.16 bits per heavy atom. The number of hydrogen-bond donors (Lipinski definition) is 1. The van der Waals surface area contributed by atoms with Gasteiger partial charge in [0.2, 0.25) is 5.91 Å². The van der Waals surface area contributed by atoms with Crippen LogP contribution < -0.4 is 5.32 Å². The number of aromatic nitrogens is 2. The molecule has 1 atom stereocenters. The smallest absolute Gasteiger partial charge is 0.241 e. The summed E-state index contributed by atoms with van der Waals surface area (Å²) in [6, 6.07) is 12.9. The molecule has 1 heterocycles. The molecule has 0 spiro atoms. The van der Waals surface area contributed by atoms with Crippen LogP contribution in [0.25, 0.3) is 0 Å². The second-order valence-corrected chi connectivity index (χ2v) is 4.03. The average Bonchev–Trinajstić information content (AvgIpc) is 2.94. The highest BCUT2D eigenvalue weighted by molar-refractivity contribution is 5.86. The van der Waals surface area contributed by atoms with E-state index in [2.05, 4.69) is 10.4 Å². The van der Waals surface area contributed by atoms with Gasteiger partial charge in [-0.2, -0.15) is 10.4 Å². The molecule has 0 bridgehead atoms. The van der Waals surface area contributed by atoms with Gasteiger partial charge in [-0.25, -0.2) is 0 Å². The maximum absolute atomic E-state index is 11.9. The second-order valence-electron chi connectivity index (χ2n) is 4.03. The number of rotatable bonds is 5. The first-order chi connectivity index (χ1) is 9.31. The van der Waals surface area contributed by atoms with E-state index < -0.39 is 5.92 Å². The quantitative estimate of drug-likeness (QED) is 0.874. The molecule has 0 radical (unpaired) electrons. The molecule has 1 amide bonds. The molecule has 2 rings (SSSR count). The lowest BCUT2D eigenvalue weighted by atomic mass is 10.00. The summed E-state index contributed by atoms with van der Waals surface area (Å²) in [5.41, 5.74) is 0.710.